The lowest BCUT2D eigenvalue weighted by molar-refractivity contribution is -0.117. The van der Waals surface area contributed by atoms with Crippen LogP contribution in [0.2, 0.25) is 0 Å². The third-order valence-electron chi connectivity index (χ3n) is 3.52. The quantitative estimate of drug-likeness (QED) is 0.845. The van der Waals surface area contributed by atoms with Gasteiger partial charge in [0.2, 0.25) is 5.91 Å². The topological polar surface area (TPSA) is 73.6 Å². The van der Waals surface area contributed by atoms with Gasteiger partial charge in [0.05, 0.1) is 20.8 Å². The molecule has 1 aromatic rings. The van der Waals surface area contributed by atoms with Crippen LogP contribution < -0.4 is 20.5 Å². The zero-order chi connectivity index (χ0) is 15.9. The SMILES string of the molecule is COc1ccc(/C=C2/C=C(NCC(N)=O)CCC2)cc1OC. The maximum Gasteiger partial charge on any atom is 0.236 e. The molecule has 0 aliphatic heterocycles. The second-order valence-electron chi connectivity index (χ2n) is 5.18. The number of hydrogen-bond acceptors (Lipinski definition) is 4. The first-order valence-corrected chi connectivity index (χ1v) is 7.27. The summed E-state index contributed by atoms with van der Waals surface area (Å²) in [6, 6.07) is 5.84. The van der Waals surface area contributed by atoms with Crippen molar-refractivity contribution in [3.8, 4) is 11.5 Å². The van der Waals surface area contributed by atoms with Gasteiger partial charge >= 0.3 is 0 Å². The smallest absolute Gasteiger partial charge is 0.236 e. The van der Waals surface area contributed by atoms with Crippen LogP contribution in [-0.4, -0.2) is 26.7 Å². The van der Waals surface area contributed by atoms with Crippen molar-refractivity contribution >= 4 is 12.0 Å². The van der Waals surface area contributed by atoms with Crippen LogP contribution in [0.3, 0.4) is 0 Å². The van der Waals surface area contributed by atoms with Gasteiger partial charge in [0, 0.05) is 5.70 Å². The average molecular weight is 302 g/mol. The Balaban J connectivity index is 2.17. The van der Waals surface area contributed by atoms with Crippen LogP contribution in [0.25, 0.3) is 6.08 Å². The van der Waals surface area contributed by atoms with Crippen molar-refractivity contribution in [2.75, 3.05) is 20.8 Å². The van der Waals surface area contributed by atoms with Crippen LogP contribution in [0, 0.1) is 0 Å². The summed E-state index contributed by atoms with van der Waals surface area (Å²) in [5.74, 6) is 1.08. The number of allylic oxidation sites excluding steroid dienone is 3. The van der Waals surface area contributed by atoms with Gasteiger partial charge in [-0.05, 0) is 48.6 Å². The second-order valence-corrected chi connectivity index (χ2v) is 5.18. The lowest BCUT2D eigenvalue weighted by atomic mass is 9.97. The summed E-state index contributed by atoms with van der Waals surface area (Å²) >= 11 is 0. The number of amides is 1. The van der Waals surface area contributed by atoms with Gasteiger partial charge in [-0.15, -0.1) is 0 Å². The number of benzene rings is 1. The highest BCUT2D eigenvalue weighted by Gasteiger charge is 2.09. The molecule has 1 aliphatic carbocycles. The van der Waals surface area contributed by atoms with E-state index in [1.807, 2.05) is 18.2 Å². The summed E-state index contributed by atoms with van der Waals surface area (Å²) in [5.41, 5.74) is 8.48. The molecule has 0 radical (unpaired) electrons. The largest absolute Gasteiger partial charge is 0.493 e. The number of hydrogen-bond donors (Lipinski definition) is 2. The monoisotopic (exact) mass is 302 g/mol. The van der Waals surface area contributed by atoms with Crippen molar-refractivity contribution < 1.29 is 14.3 Å². The van der Waals surface area contributed by atoms with Crippen molar-refractivity contribution in [2.45, 2.75) is 19.3 Å². The van der Waals surface area contributed by atoms with E-state index in [-0.39, 0.29) is 12.5 Å². The molecule has 0 aromatic heterocycles. The molecule has 1 aromatic carbocycles. The first-order valence-electron chi connectivity index (χ1n) is 7.27. The molecule has 0 heterocycles. The first kappa shape index (κ1) is 15.9. The highest BCUT2D eigenvalue weighted by atomic mass is 16.5. The first-order chi connectivity index (χ1) is 10.6. The van der Waals surface area contributed by atoms with E-state index in [0.717, 1.165) is 30.5 Å². The summed E-state index contributed by atoms with van der Waals surface area (Å²) in [7, 11) is 3.25. The van der Waals surface area contributed by atoms with E-state index in [2.05, 4.69) is 17.5 Å². The number of ether oxygens (including phenoxy) is 2. The predicted molar refractivity (Wildman–Crippen MR) is 86.7 cm³/mol. The molecule has 22 heavy (non-hydrogen) atoms. The molecule has 2 rings (SSSR count). The molecular weight excluding hydrogens is 280 g/mol. The van der Waals surface area contributed by atoms with Gasteiger partial charge in [0.25, 0.3) is 0 Å². The molecule has 3 N–H and O–H groups in total. The summed E-state index contributed by atoms with van der Waals surface area (Å²) in [6.45, 7) is 0.176. The van der Waals surface area contributed by atoms with Gasteiger partial charge in [0.1, 0.15) is 0 Å². The minimum atomic E-state index is -0.350. The lowest BCUT2D eigenvalue weighted by Gasteiger charge is -2.16. The molecule has 0 atom stereocenters. The van der Waals surface area contributed by atoms with Gasteiger partial charge < -0.3 is 20.5 Å². The molecule has 5 nitrogen and oxygen atoms in total. The van der Waals surface area contributed by atoms with Gasteiger partial charge in [-0.25, -0.2) is 0 Å². The Morgan fingerprint density at radius 2 is 2.05 bits per heavy atom. The van der Waals surface area contributed by atoms with E-state index in [9.17, 15) is 4.79 Å². The highest BCUT2D eigenvalue weighted by molar-refractivity contribution is 5.76. The molecule has 1 aliphatic rings. The fraction of sp³-hybridized carbons (Fsp3) is 0.353. The number of carbonyl (C=O) groups excluding carboxylic acids is 1. The number of nitrogens with two attached hydrogens (primary N) is 1. The number of rotatable bonds is 6. The number of carbonyl (C=O) groups is 1. The Hall–Kier alpha value is -2.43. The number of methoxy groups -OCH3 is 2. The molecule has 0 saturated carbocycles. The van der Waals surface area contributed by atoms with E-state index in [4.69, 9.17) is 15.2 Å². The highest BCUT2D eigenvalue weighted by Crippen LogP contribution is 2.30. The molecule has 0 fully saturated rings. The Kier molecular flexibility index (Phi) is 5.47. The zero-order valence-corrected chi connectivity index (χ0v) is 13.0. The maximum atomic E-state index is 10.8. The van der Waals surface area contributed by atoms with E-state index >= 15 is 0 Å². The Labute approximate surface area is 130 Å². The standard InChI is InChI=1S/C17H22N2O3/c1-21-15-7-6-13(10-16(15)22-2)8-12-4-3-5-14(9-12)19-11-17(18)20/h6-10,19H,3-5,11H2,1-2H3,(H2,18,20)/b12-8+. The minimum absolute atomic E-state index is 0.176. The van der Waals surface area contributed by atoms with Crippen molar-refractivity contribution in [1.29, 1.82) is 0 Å². The molecule has 5 heteroatoms. The van der Waals surface area contributed by atoms with Crippen molar-refractivity contribution in [3.05, 3.63) is 41.1 Å². The zero-order valence-electron chi connectivity index (χ0n) is 13.0. The van der Waals surface area contributed by atoms with E-state index < -0.39 is 0 Å². The summed E-state index contributed by atoms with van der Waals surface area (Å²) in [6.07, 6.45) is 7.21. The van der Waals surface area contributed by atoms with E-state index in [0.29, 0.717) is 11.5 Å². The average Bonchev–Trinajstić information content (AvgIpc) is 2.53. The van der Waals surface area contributed by atoms with Gasteiger partial charge in [0.15, 0.2) is 11.5 Å². The van der Waals surface area contributed by atoms with Crippen LogP contribution >= 0.6 is 0 Å². The van der Waals surface area contributed by atoms with Gasteiger partial charge in [-0.3, -0.25) is 4.79 Å². The molecule has 0 spiro atoms. The minimum Gasteiger partial charge on any atom is -0.493 e. The number of primary amides is 1. The molecule has 0 bridgehead atoms. The predicted octanol–water partition coefficient (Wildman–Crippen LogP) is 2.23. The normalized spacial score (nSPS) is 16.1. The van der Waals surface area contributed by atoms with Crippen LogP contribution in [0.15, 0.2) is 35.5 Å². The fourth-order valence-corrected chi connectivity index (χ4v) is 2.46. The Morgan fingerprint density at radius 1 is 1.27 bits per heavy atom. The van der Waals surface area contributed by atoms with Crippen molar-refractivity contribution in [3.63, 3.8) is 0 Å². The van der Waals surface area contributed by atoms with Crippen molar-refractivity contribution in [2.24, 2.45) is 5.73 Å². The third kappa shape index (κ3) is 4.28. The van der Waals surface area contributed by atoms with Gasteiger partial charge in [-0.2, -0.15) is 0 Å². The van der Waals surface area contributed by atoms with Crippen LogP contribution in [0.4, 0.5) is 0 Å². The lowest BCUT2D eigenvalue weighted by Crippen LogP contribution is -2.28. The third-order valence-corrected chi connectivity index (χ3v) is 3.52. The summed E-state index contributed by atoms with van der Waals surface area (Å²) in [5, 5.41) is 3.08. The molecule has 0 unspecified atom stereocenters. The second kappa shape index (κ2) is 7.54. The van der Waals surface area contributed by atoms with E-state index in [1.165, 1.54) is 5.57 Å². The summed E-state index contributed by atoms with van der Waals surface area (Å²) < 4.78 is 10.6. The summed E-state index contributed by atoms with van der Waals surface area (Å²) in [4.78, 5) is 10.8. The maximum absolute atomic E-state index is 10.8. The van der Waals surface area contributed by atoms with Crippen LogP contribution in [0.1, 0.15) is 24.8 Å². The van der Waals surface area contributed by atoms with E-state index in [1.54, 1.807) is 14.2 Å². The Bertz CT molecular complexity index is 606. The molecule has 118 valence electrons. The number of nitrogens with one attached hydrogen (secondary N) is 1. The van der Waals surface area contributed by atoms with Crippen LogP contribution in [-0.2, 0) is 4.79 Å². The Morgan fingerprint density at radius 3 is 2.73 bits per heavy atom. The fourth-order valence-electron chi connectivity index (χ4n) is 2.46. The van der Waals surface area contributed by atoms with Crippen molar-refractivity contribution in [1.82, 2.24) is 5.32 Å². The van der Waals surface area contributed by atoms with Gasteiger partial charge in [-0.1, -0.05) is 12.1 Å². The van der Waals surface area contributed by atoms with Crippen LogP contribution in [0.5, 0.6) is 11.5 Å². The molecule has 1 amide bonds. The molecular formula is C17H22N2O3. The molecule has 0 saturated heterocycles.